The van der Waals surface area contributed by atoms with Crippen LogP contribution in [0.5, 0.6) is 0 Å². The highest BCUT2D eigenvalue weighted by molar-refractivity contribution is 4.80. The Morgan fingerprint density at radius 1 is 0.545 bits per heavy atom. The molecule has 1 nitrogen and oxygen atoms in total. The van der Waals surface area contributed by atoms with Crippen molar-refractivity contribution < 1.29 is 0 Å². The Labute approximate surface area is 141 Å². The van der Waals surface area contributed by atoms with Crippen LogP contribution in [0, 0.1) is 0 Å². The monoisotopic (exact) mass is 309 g/mol. The lowest BCUT2D eigenvalue weighted by Crippen LogP contribution is -2.23. The lowest BCUT2D eigenvalue weighted by Gasteiger charge is -2.17. The second-order valence-electron chi connectivity index (χ2n) is 6.61. The largest absolute Gasteiger partial charge is 0.304 e. The van der Waals surface area contributed by atoms with Crippen molar-refractivity contribution in [2.75, 3.05) is 19.6 Å². The van der Waals surface area contributed by atoms with Crippen LogP contribution in [0.4, 0.5) is 0 Å². The zero-order chi connectivity index (χ0) is 16.3. The zero-order valence-corrected chi connectivity index (χ0v) is 15.9. The molecule has 0 unspecified atom stereocenters. The van der Waals surface area contributed by atoms with Gasteiger partial charge in [0, 0.05) is 0 Å². The number of unbranched alkanes of at least 4 members (excludes halogenated alkanes) is 11. The Bertz CT molecular complexity index is 218. The third-order valence-electron chi connectivity index (χ3n) is 4.61. The lowest BCUT2D eigenvalue weighted by atomic mass is 10.1. The maximum atomic E-state index is 2.54. The third kappa shape index (κ3) is 16.1. The van der Waals surface area contributed by atoms with Gasteiger partial charge in [-0.3, -0.25) is 0 Å². The van der Waals surface area contributed by atoms with E-state index in [1.54, 1.807) is 0 Å². The number of allylic oxidation sites excluding steroid dienone is 2. The molecule has 0 saturated heterocycles. The molecular weight excluding hydrogens is 266 g/mol. The zero-order valence-electron chi connectivity index (χ0n) is 15.9. The summed E-state index contributed by atoms with van der Waals surface area (Å²) in [6, 6.07) is 0. The highest BCUT2D eigenvalue weighted by atomic mass is 15.1. The van der Waals surface area contributed by atoms with Crippen LogP contribution in [0.25, 0.3) is 0 Å². The summed E-state index contributed by atoms with van der Waals surface area (Å²) >= 11 is 0. The molecule has 1 heteroatoms. The molecular formula is C21H43N. The lowest BCUT2D eigenvalue weighted by molar-refractivity contribution is 0.295. The maximum absolute atomic E-state index is 2.54. The minimum atomic E-state index is 1.21. The predicted molar refractivity (Wildman–Crippen MR) is 103 cm³/mol. The first-order valence-corrected chi connectivity index (χ1v) is 10.2. The summed E-state index contributed by atoms with van der Waals surface area (Å²) in [5, 5.41) is 0. The van der Waals surface area contributed by atoms with Crippen molar-refractivity contribution in [1.29, 1.82) is 0 Å². The Kier molecular flexibility index (Phi) is 18.5. The summed E-state index contributed by atoms with van der Waals surface area (Å²) in [4.78, 5) is 2.54. The van der Waals surface area contributed by atoms with E-state index < -0.39 is 0 Å². The molecule has 0 heterocycles. The van der Waals surface area contributed by atoms with Crippen molar-refractivity contribution in [2.24, 2.45) is 0 Å². The Morgan fingerprint density at radius 2 is 1.00 bits per heavy atom. The van der Waals surface area contributed by atoms with Gasteiger partial charge < -0.3 is 4.90 Å². The SMILES string of the molecule is CCC/C=C/CCCCCCCCCCCCN(CC)CC. The third-order valence-corrected chi connectivity index (χ3v) is 4.61. The van der Waals surface area contributed by atoms with Crippen LogP contribution >= 0.6 is 0 Å². The quantitative estimate of drug-likeness (QED) is 0.207. The Morgan fingerprint density at radius 3 is 1.50 bits per heavy atom. The van der Waals surface area contributed by atoms with Gasteiger partial charge in [-0.1, -0.05) is 90.7 Å². The number of hydrogen-bond donors (Lipinski definition) is 0. The fraction of sp³-hybridized carbons (Fsp3) is 0.905. The van der Waals surface area contributed by atoms with E-state index in [1.807, 2.05) is 0 Å². The normalized spacial score (nSPS) is 11.8. The Hall–Kier alpha value is -0.300. The topological polar surface area (TPSA) is 3.24 Å². The van der Waals surface area contributed by atoms with Crippen LogP contribution in [-0.4, -0.2) is 24.5 Å². The summed E-state index contributed by atoms with van der Waals surface area (Å²) in [6.07, 6.45) is 22.9. The Balaban J connectivity index is 3.08. The molecule has 0 spiro atoms. The molecule has 0 saturated carbocycles. The molecule has 0 aliphatic carbocycles. The minimum Gasteiger partial charge on any atom is -0.304 e. The van der Waals surface area contributed by atoms with E-state index in [4.69, 9.17) is 0 Å². The predicted octanol–water partition coefficient (Wildman–Crippen LogP) is 6.98. The van der Waals surface area contributed by atoms with Crippen molar-refractivity contribution in [3.05, 3.63) is 12.2 Å². The molecule has 0 aliphatic rings. The van der Waals surface area contributed by atoms with E-state index in [2.05, 4.69) is 37.8 Å². The van der Waals surface area contributed by atoms with Gasteiger partial charge in [-0.05, 0) is 45.3 Å². The smallest absolute Gasteiger partial charge is 0.00190 e. The van der Waals surface area contributed by atoms with Crippen molar-refractivity contribution >= 4 is 0 Å². The van der Waals surface area contributed by atoms with Gasteiger partial charge in [0.25, 0.3) is 0 Å². The molecule has 0 amide bonds. The van der Waals surface area contributed by atoms with E-state index in [0.29, 0.717) is 0 Å². The molecule has 0 atom stereocenters. The first kappa shape index (κ1) is 21.7. The molecule has 22 heavy (non-hydrogen) atoms. The second kappa shape index (κ2) is 18.7. The van der Waals surface area contributed by atoms with Crippen molar-refractivity contribution in [2.45, 2.75) is 104 Å². The average molecular weight is 310 g/mol. The second-order valence-corrected chi connectivity index (χ2v) is 6.61. The first-order chi connectivity index (χ1) is 10.8. The van der Waals surface area contributed by atoms with Crippen molar-refractivity contribution in [3.8, 4) is 0 Å². The van der Waals surface area contributed by atoms with E-state index in [-0.39, 0.29) is 0 Å². The summed E-state index contributed by atoms with van der Waals surface area (Å²) in [7, 11) is 0. The van der Waals surface area contributed by atoms with Gasteiger partial charge >= 0.3 is 0 Å². The van der Waals surface area contributed by atoms with E-state index in [1.165, 1.54) is 103 Å². The summed E-state index contributed by atoms with van der Waals surface area (Å²) in [6.45, 7) is 10.5. The van der Waals surface area contributed by atoms with Gasteiger partial charge in [0.15, 0.2) is 0 Å². The molecule has 132 valence electrons. The average Bonchev–Trinajstić information content (AvgIpc) is 2.55. The van der Waals surface area contributed by atoms with Crippen LogP contribution < -0.4 is 0 Å². The molecule has 0 aromatic carbocycles. The molecule has 0 bridgehead atoms. The highest BCUT2D eigenvalue weighted by Crippen LogP contribution is 2.12. The van der Waals surface area contributed by atoms with Crippen LogP contribution in [0.2, 0.25) is 0 Å². The summed E-state index contributed by atoms with van der Waals surface area (Å²) in [5.41, 5.74) is 0. The maximum Gasteiger partial charge on any atom is -0.00190 e. The molecule has 0 radical (unpaired) electrons. The molecule has 0 aromatic rings. The van der Waals surface area contributed by atoms with Crippen LogP contribution in [0.1, 0.15) is 104 Å². The molecule has 0 N–H and O–H groups in total. The van der Waals surface area contributed by atoms with E-state index >= 15 is 0 Å². The standard InChI is InChI=1S/C21H43N/c1-4-7-8-9-10-11-12-13-14-15-16-17-18-19-20-21-22(5-2)6-3/h8-9H,4-7,10-21H2,1-3H3/b9-8+. The van der Waals surface area contributed by atoms with Crippen LogP contribution in [-0.2, 0) is 0 Å². The highest BCUT2D eigenvalue weighted by Gasteiger charge is 1.98. The number of nitrogens with zero attached hydrogens (tertiary/aromatic N) is 1. The van der Waals surface area contributed by atoms with E-state index in [9.17, 15) is 0 Å². The molecule has 0 aromatic heterocycles. The first-order valence-electron chi connectivity index (χ1n) is 10.2. The summed E-state index contributed by atoms with van der Waals surface area (Å²) in [5.74, 6) is 0. The van der Waals surface area contributed by atoms with Crippen LogP contribution in [0.3, 0.4) is 0 Å². The number of hydrogen-bond acceptors (Lipinski definition) is 1. The van der Waals surface area contributed by atoms with E-state index in [0.717, 1.165) is 0 Å². The minimum absolute atomic E-state index is 1.21. The van der Waals surface area contributed by atoms with Gasteiger partial charge in [0.2, 0.25) is 0 Å². The van der Waals surface area contributed by atoms with Gasteiger partial charge in [0.1, 0.15) is 0 Å². The fourth-order valence-corrected chi connectivity index (χ4v) is 2.95. The van der Waals surface area contributed by atoms with Crippen molar-refractivity contribution in [3.63, 3.8) is 0 Å². The van der Waals surface area contributed by atoms with Gasteiger partial charge in [-0.2, -0.15) is 0 Å². The van der Waals surface area contributed by atoms with Gasteiger partial charge in [-0.15, -0.1) is 0 Å². The summed E-state index contributed by atoms with van der Waals surface area (Å²) < 4.78 is 0. The van der Waals surface area contributed by atoms with Crippen LogP contribution in [0.15, 0.2) is 12.2 Å². The van der Waals surface area contributed by atoms with Gasteiger partial charge in [-0.25, -0.2) is 0 Å². The molecule has 0 aliphatic heterocycles. The molecule has 0 rings (SSSR count). The number of rotatable bonds is 17. The van der Waals surface area contributed by atoms with Gasteiger partial charge in [0.05, 0.1) is 0 Å². The fourth-order valence-electron chi connectivity index (χ4n) is 2.95. The van der Waals surface area contributed by atoms with Crippen molar-refractivity contribution in [1.82, 2.24) is 4.90 Å². The molecule has 0 fully saturated rings.